The predicted octanol–water partition coefficient (Wildman–Crippen LogP) is 2.49. The molecule has 2 aromatic heterocycles. The van der Waals surface area contributed by atoms with Crippen molar-refractivity contribution < 1.29 is 9.51 Å². The van der Waals surface area contributed by atoms with Crippen molar-refractivity contribution in [3.63, 3.8) is 0 Å². The van der Waals surface area contributed by atoms with E-state index in [1.807, 2.05) is 32.0 Å². The minimum atomic E-state index is -0.277. The van der Waals surface area contributed by atoms with Gasteiger partial charge in [-0.2, -0.15) is 14.2 Å². The normalized spacial score (nSPS) is 10.7. The van der Waals surface area contributed by atoms with Gasteiger partial charge in [0.1, 0.15) is 6.54 Å². The minimum absolute atomic E-state index is 0.105. The molecule has 2 heterocycles. The van der Waals surface area contributed by atoms with Crippen LogP contribution in [0.2, 0.25) is 0 Å². The Bertz CT molecular complexity index is 1010. The molecular weight excluding hydrogens is 302 g/mol. The van der Waals surface area contributed by atoms with Crippen molar-refractivity contribution >= 4 is 5.65 Å². The standard InChI is InChI=1S/C19H17N3O2/c1-13-10-14(2)12-15(11-13)17-18(23)21-8-4-3-6-16(21)22(19(17)24)9-5-7-20/h3-4,6,8,10-12H,5,9H2,1-2H3/p+1. The molecule has 1 aromatic carbocycles. The van der Waals surface area contributed by atoms with Crippen molar-refractivity contribution in [2.24, 2.45) is 0 Å². The molecule has 0 amide bonds. The van der Waals surface area contributed by atoms with Crippen LogP contribution in [0.25, 0.3) is 16.8 Å². The Labute approximate surface area is 139 Å². The lowest BCUT2D eigenvalue weighted by Crippen LogP contribution is -2.43. The predicted molar refractivity (Wildman–Crippen MR) is 90.7 cm³/mol. The molecule has 24 heavy (non-hydrogen) atoms. The van der Waals surface area contributed by atoms with Crippen molar-refractivity contribution in [2.45, 2.75) is 26.8 Å². The third-order valence-corrected chi connectivity index (χ3v) is 3.98. The molecule has 0 spiro atoms. The molecule has 1 N–H and O–H groups in total. The van der Waals surface area contributed by atoms with E-state index in [1.165, 1.54) is 4.40 Å². The van der Waals surface area contributed by atoms with Crippen LogP contribution in [0.1, 0.15) is 17.5 Å². The molecule has 0 aliphatic heterocycles. The zero-order valence-corrected chi connectivity index (χ0v) is 13.7. The number of fused-ring (bicyclic) bond motifs is 1. The second-order valence-corrected chi connectivity index (χ2v) is 5.87. The zero-order chi connectivity index (χ0) is 17.3. The van der Waals surface area contributed by atoms with Crippen molar-refractivity contribution in [3.8, 4) is 23.1 Å². The lowest BCUT2D eigenvalue weighted by atomic mass is 10.0. The first-order chi connectivity index (χ1) is 11.5. The molecule has 0 aliphatic carbocycles. The van der Waals surface area contributed by atoms with Gasteiger partial charge in [0.15, 0.2) is 5.56 Å². The molecule has 0 bridgehead atoms. The van der Waals surface area contributed by atoms with Gasteiger partial charge >= 0.3 is 5.56 Å². The number of aromatic nitrogens is 2. The van der Waals surface area contributed by atoms with Gasteiger partial charge in [0.05, 0.1) is 18.7 Å². The van der Waals surface area contributed by atoms with Crippen LogP contribution >= 0.6 is 0 Å². The average Bonchev–Trinajstić information content (AvgIpc) is 2.54. The fraction of sp³-hybridized carbons (Fsp3) is 0.211. The number of nitriles is 1. The van der Waals surface area contributed by atoms with Crippen molar-refractivity contribution in [1.82, 2.24) is 4.57 Å². The van der Waals surface area contributed by atoms with Crippen LogP contribution in [0.3, 0.4) is 0 Å². The van der Waals surface area contributed by atoms with Gasteiger partial charge < -0.3 is 5.11 Å². The summed E-state index contributed by atoms with van der Waals surface area (Å²) in [6.45, 7) is 4.22. The Balaban J connectivity index is 2.40. The van der Waals surface area contributed by atoms with Crippen LogP contribution in [0, 0.1) is 25.2 Å². The molecule has 120 valence electrons. The van der Waals surface area contributed by atoms with Crippen LogP contribution in [-0.4, -0.2) is 9.67 Å². The summed E-state index contributed by atoms with van der Waals surface area (Å²) in [4.78, 5) is 12.9. The number of aromatic hydroxyl groups is 1. The fourth-order valence-corrected chi connectivity index (χ4v) is 3.04. The van der Waals surface area contributed by atoms with Gasteiger partial charge in [-0.05, 0) is 25.5 Å². The highest BCUT2D eigenvalue weighted by Crippen LogP contribution is 2.27. The molecule has 5 heteroatoms. The van der Waals surface area contributed by atoms with E-state index in [0.29, 0.717) is 17.8 Å². The largest absolute Gasteiger partial charge is 0.477 e. The first-order valence-electron chi connectivity index (χ1n) is 7.74. The smallest absolute Gasteiger partial charge is 0.354 e. The number of rotatable bonds is 3. The number of aryl methyl sites for hydroxylation is 3. The summed E-state index contributed by atoms with van der Waals surface area (Å²) in [6.07, 6.45) is 1.92. The van der Waals surface area contributed by atoms with Gasteiger partial charge in [0.25, 0.3) is 11.5 Å². The van der Waals surface area contributed by atoms with Crippen molar-refractivity contribution in [3.05, 3.63) is 64.1 Å². The Morgan fingerprint density at radius 2 is 1.92 bits per heavy atom. The van der Waals surface area contributed by atoms with E-state index >= 15 is 0 Å². The highest BCUT2D eigenvalue weighted by Gasteiger charge is 2.24. The maximum atomic E-state index is 12.9. The molecule has 3 aromatic rings. The van der Waals surface area contributed by atoms with E-state index in [1.54, 1.807) is 29.0 Å². The van der Waals surface area contributed by atoms with Gasteiger partial charge in [-0.3, -0.25) is 0 Å². The third-order valence-electron chi connectivity index (χ3n) is 3.98. The minimum Gasteiger partial charge on any atom is -0.477 e. The molecule has 3 rings (SSSR count). The topological polar surface area (TPSA) is 70.1 Å². The molecular formula is C19H18N3O2+. The monoisotopic (exact) mass is 320 g/mol. The van der Waals surface area contributed by atoms with Gasteiger partial charge in [-0.15, -0.1) is 0 Å². The number of hydrogen-bond acceptors (Lipinski definition) is 3. The summed E-state index contributed by atoms with van der Waals surface area (Å²) in [7, 11) is 0. The zero-order valence-electron chi connectivity index (χ0n) is 13.7. The lowest BCUT2D eigenvalue weighted by molar-refractivity contribution is -0.532. The second kappa shape index (κ2) is 6.17. The Morgan fingerprint density at radius 3 is 2.58 bits per heavy atom. The van der Waals surface area contributed by atoms with Gasteiger partial charge in [0, 0.05) is 6.07 Å². The third kappa shape index (κ3) is 2.63. The number of benzene rings is 1. The molecule has 0 unspecified atom stereocenters. The molecule has 5 nitrogen and oxygen atoms in total. The Morgan fingerprint density at radius 1 is 1.21 bits per heavy atom. The number of hydrogen-bond donors (Lipinski definition) is 1. The summed E-state index contributed by atoms with van der Waals surface area (Å²) in [5.41, 5.74) is 3.25. The molecule has 0 fully saturated rings. The van der Waals surface area contributed by atoms with Crippen molar-refractivity contribution in [1.29, 1.82) is 5.26 Å². The molecule has 0 radical (unpaired) electrons. The second-order valence-electron chi connectivity index (χ2n) is 5.87. The van der Waals surface area contributed by atoms with Gasteiger partial charge in [-0.1, -0.05) is 35.4 Å². The van der Waals surface area contributed by atoms with Crippen molar-refractivity contribution in [2.75, 3.05) is 0 Å². The maximum absolute atomic E-state index is 12.9. The van der Waals surface area contributed by atoms with Crippen LogP contribution in [0.4, 0.5) is 0 Å². The highest BCUT2D eigenvalue weighted by molar-refractivity contribution is 5.69. The summed E-state index contributed by atoms with van der Waals surface area (Å²) >= 11 is 0. The van der Waals surface area contributed by atoms with E-state index in [-0.39, 0.29) is 23.4 Å². The Kier molecular flexibility index (Phi) is 4.05. The SMILES string of the molecule is Cc1cc(C)cc(-c2c(O)n(CCC#N)c3cccc[n+]3c2=O)c1. The summed E-state index contributed by atoms with van der Waals surface area (Å²) in [5, 5.41) is 19.7. The summed E-state index contributed by atoms with van der Waals surface area (Å²) in [6, 6.07) is 13.2. The molecule has 0 atom stereocenters. The summed E-state index contributed by atoms with van der Waals surface area (Å²) in [5.74, 6) is -0.105. The van der Waals surface area contributed by atoms with Crippen LogP contribution in [0.15, 0.2) is 47.4 Å². The van der Waals surface area contributed by atoms with Crippen LogP contribution in [-0.2, 0) is 6.54 Å². The Hall–Kier alpha value is -3.13. The van der Waals surface area contributed by atoms with Gasteiger partial charge in [-0.25, -0.2) is 4.79 Å². The van der Waals surface area contributed by atoms with E-state index in [2.05, 4.69) is 6.07 Å². The van der Waals surface area contributed by atoms with E-state index in [9.17, 15) is 9.90 Å². The fourth-order valence-electron chi connectivity index (χ4n) is 3.04. The quantitative estimate of drug-likeness (QED) is 0.754. The summed E-state index contributed by atoms with van der Waals surface area (Å²) < 4.78 is 3.11. The molecule has 0 aliphatic rings. The highest BCUT2D eigenvalue weighted by atomic mass is 16.3. The van der Waals surface area contributed by atoms with Crippen LogP contribution in [0.5, 0.6) is 5.88 Å². The first kappa shape index (κ1) is 15.8. The maximum Gasteiger partial charge on any atom is 0.354 e. The first-order valence-corrected chi connectivity index (χ1v) is 7.74. The number of nitrogens with zero attached hydrogens (tertiary/aromatic N) is 3. The lowest BCUT2D eigenvalue weighted by Gasteiger charge is -2.10. The average molecular weight is 320 g/mol. The van der Waals surface area contributed by atoms with Crippen LogP contribution < -0.4 is 9.96 Å². The molecule has 0 saturated carbocycles. The molecule has 0 saturated heterocycles. The number of pyridine rings is 1. The van der Waals surface area contributed by atoms with Gasteiger partial charge in [0.2, 0.25) is 0 Å². The van der Waals surface area contributed by atoms with E-state index in [0.717, 1.165) is 11.1 Å². The van der Waals surface area contributed by atoms with E-state index < -0.39 is 0 Å². The van der Waals surface area contributed by atoms with E-state index in [4.69, 9.17) is 5.26 Å².